The van der Waals surface area contributed by atoms with Gasteiger partial charge >= 0.3 is 5.97 Å². The quantitative estimate of drug-likeness (QED) is 0.619. The predicted molar refractivity (Wildman–Crippen MR) is 108 cm³/mol. The average molecular weight is 409 g/mol. The van der Waals surface area contributed by atoms with Crippen LogP contribution < -0.4 is 10.1 Å². The maximum absolute atomic E-state index is 14.2. The molecule has 154 valence electrons. The number of aromatic nitrogens is 2. The van der Waals surface area contributed by atoms with Crippen LogP contribution in [0.5, 0.6) is 5.75 Å². The van der Waals surface area contributed by atoms with E-state index < -0.39 is 23.7 Å². The molecule has 0 saturated heterocycles. The zero-order valence-electron chi connectivity index (χ0n) is 16.4. The molecular weight excluding hydrogens is 389 g/mol. The van der Waals surface area contributed by atoms with Gasteiger partial charge < -0.3 is 15.2 Å². The van der Waals surface area contributed by atoms with Gasteiger partial charge in [-0.1, -0.05) is 24.3 Å². The standard InChI is InChI=1S/C22H20FN3O4/c1-13-5-3-4-6-14(13)18(11-20(27)28)26-22(29)17-7-8-19(30-2)21(25-17)15-9-10-24-12-16(15)23/h3-10,12,18H,11H2,1-2H3,(H,26,29)(H,27,28)/t18-/m0/s1. The van der Waals surface area contributed by atoms with Gasteiger partial charge in [0.05, 0.1) is 25.8 Å². The van der Waals surface area contributed by atoms with Crippen molar-refractivity contribution in [3.05, 3.63) is 77.5 Å². The van der Waals surface area contributed by atoms with Crippen LogP contribution in [-0.2, 0) is 4.79 Å². The van der Waals surface area contributed by atoms with Gasteiger partial charge in [0.1, 0.15) is 17.1 Å². The number of carboxylic acid groups (broad SMARTS) is 1. The van der Waals surface area contributed by atoms with Gasteiger partial charge in [-0.2, -0.15) is 0 Å². The van der Waals surface area contributed by atoms with E-state index in [1.165, 1.54) is 31.5 Å². The third kappa shape index (κ3) is 4.60. The van der Waals surface area contributed by atoms with Gasteiger partial charge in [-0.05, 0) is 36.2 Å². The summed E-state index contributed by atoms with van der Waals surface area (Å²) < 4.78 is 19.5. The minimum Gasteiger partial charge on any atom is -0.494 e. The minimum atomic E-state index is -1.05. The summed E-state index contributed by atoms with van der Waals surface area (Å²) in [7, 11) is 1.42. The molecule has 2 heterocycles. The van der Waals surface area contributed by atoms with E-state index in [0.717, 1.165) is 11.8 Å². The van der Waals surface area contributed by atoms with Gasteiger partial charge in [-0.15, -0.1) is 0 Å². The van der Waals surface area contributed by atoms with Crippen LogP contribution in [0.1, 0.15) is 34.1 Å². The first-order valence-corrected chi connectivity index (χ1v) is 9.13. The minimum absolute atomic E-state index is 0.00554. The van der Waals surface area contributed by atoms with Gasteiger partial charge in [0.15, 0.2) is 5.82 Å². The Kier molecular flexibility index (Phi) is 6.36. The fourth-order valence-corrected chi connectivity index (χ4v) is 3.12. The highest BCUT2D eigenvalue weighted by atomic mass is 19.1. The summed E-state index contributed by atoms with van der Waals surface area (Å²) in [5.74, 6) is -1.95. The molecule has 2 aromatic heterocycles. The van der Waals surface area contributed by atoms with Crippen molar-refractivity contribution in [1.29, 1.82) is 0 Å². The number of methoxy groups -OCH3 is 1. The van der Waals surface area contributed by atoms with Crippen molar-refractivity contribution in [2.75, 3.05) is 7.11 Å². The molecule has 0 saturated carbocycles. The van der Waals surface area contributed by atoms with E-state index in [1.807, 2.05) is 19.1 Å². The number of carbonyl (C=O) groups is 2. The number of nitrogens with zero attached hydrogens (tertiary/aromatic N) is 2. The lowest BCUT2D eigenvalue weighted by Gasteiger charge is -2.19. The number of hydrogen-bond donors (Lipinski definition) is 2. The van der Waals surface area contributed by atoms with E-state index in [4.69, 9.17) is 4.74 Å². The molecular formula is C22H20FN3O4. The lowest BCUT2D eigenvalue weighted by Crippen LogP contribution is -2.31. The zero-order valence-corrected chi connectivity index (χ0v) is 16.4. The van der Waals surface area contributed by atoms with Crippen LogP contribution in [0.15, 0.2) is 54.9 Å². The second-order valence-corrected chi connectivity index (χ2v) is 6.58. The second kappa shape index (κ2) is 9.13. The summed E-state index contributed by atoms with van der Waals surface area (Å²) in [5.41, 5.74) is 1.84. The first-order chi connectivity index (χ1) is 14.4. The van der Waals surface area contributed by atoms with Crippen molar-refractivity contribution < 1.29 is 23.8 Å². The van der Waals surface area contributed by atoms with Crippen LogP contribution in [0.3, 0.4) is 0 Å². The molecule has 2 N–H and O–H groups in total. The third-order valence-electron chi connectivity index (χ3n) is 4.59. The molecule has 0 aliphatic carbocycles. The highest BCUT2D eigenvalue weighted by molar-refractivity contribution is 5.93. The van der Waals surface area contributed by atoms with Gasteiger partial charge in [-0.3, -0.25) is 14.6 Å². The summed E-state index contributed by atoms with van der Waals surface area (Å²) in [5, 5.41) is 12.0. The molecule has 0 aliphatic rings. The lowest BCUT2D eigenvalue weighted by molar-refractivity contribution is -0.137. The number of benzene rings is 1. The smallest absolute Gasteiger partial charge is 0.305 e. The van der Waals surface area contributed by atoms with Crippen LogP contribution in [0.2, 0.25) is 0 Å². The van der Waals surface area contributed by atoms with E-state index in [9.17, 15) is 19.1 Å². The van der Waals surface area contributed by atoms with Gasteiger partial charge in [0.2, 0.25) is 0 Å². The largest absolute Gasteiger partial charge is 0.494 e. The average Bonchev–Trinajstić information content (AvgIpc) is 2.73. The van der Waals surface area contributed by atoms with Crippen molar-refractivity contribution in [3.8, 4) is 17.0 Å². The van der Waals surface area contributed by atoms with Crippen LogP contribution in [0, 0.1) is 12.7 Å². The molecule has 1 amide bonds. The Balaban J connectivity index is 1.96. The number of pyridine rings is 2. The Labute approximate surface area is 172 Å². The van der Waals surface area contributed by atoms with E-state index in [0.29, 0.717) is 5.56 Å². The Morgan fingerprint density at radius 2 is 1.97 bits per heavy atom. The van der Waals surface area contributed by atoms with Crippen molar-refractivity contribution in [3.63, 3.8) is 0 Å². The number of aliphatic carboxylic acids is 1. The molecule has 3 rings (SSSR count). The van der Waals surface area contributed by atoms with Gasteiger partial charge in [-0.25, -0.2) is 9.37 Å². The molecule has 7 nitrogen and oxygen atoms in total. The van der Waals surface area contributed by atoms with Crippen LogP contribution in [-0.4, -0.2) is 34.1 Å². The van der Waals surface area contributed by atoms with Crippen molar-refractivity contribution >= 4 is 11.9 Å². The molecule has 8 heteroatoms. The second-order valence-electron chi connectivity index (χ2n) is 6.58. The van der Waals surface area contributed by atoms with Crippen LogP contribution >= 0.6 is 0 Å². The van der Waals surface area contributed by atoms with Crippen molar-refractivity contribution in [2.24, 2.45) is 0 Å². The maximum Gasteiger partial charge on any atom is 0.305 e. The number of carboxylic acids is 1. The summed E-state index contributed by atoms with van der Waals surface area (Å²) in [6.07, 6.45) is 2.16. The zero-order chi connectivity index (χ0) is 21.7. The van der Waals surface area contributed by atoms with E-state index >= 15 is 0 Å². The van der Waals surface area contributed by atoms with Gasteiger partial charge in [0.25, 0.3) is 5.91 Å². The Morgan fingerprint density at radius 3 is 2.63 bits per heavy atom. The predicted octanol–water partition coefficient (Wildman–Crippen LogP) is 3.55. The third-order valence-corrected chi connectivity index (χ3v) is 4.59. The molecule has 0 aliphatic heterocycles. The highest BCUT2D eigenvalue weighted by Crippen LogP contribution is 2.30. The molecule has 30 heavy (non-hydrogen) atoms. The number of halogens is 1. The topological polar surface area (TPSA) is 101 Å². The monoisotopic (exact) mass is 409 g/mol. The Morgan fingerprint density at radius 1 is 1.20 bits per heavy atom. The normalized spacial score (nSPS) is 11.6. The van der Waals surface area contributed by atoms with E-state index in [-0.39, 0.29) is 29.1 Å². The lowest BCUT2D eigenvalue weighted by atomic mass is 9.98. The summed E-state index contributed by atoms with van der Waals surface area (Å²) >= 11 is 0. The molecule has 0 bridgehead atoms. The van der Waals surface area contributed by atoms with Crippen molar-refractivity contribution in [1.82, 2.24) is 15.3 Å². The first-order valence-electron chi connectivity index (χ1n) is 9.13. The summed E-state index contributed by atoms with van der Waals surface area (Å²) in [4.78, 5) is 32.2. The first kappa shape index (κ1) is 20.9. The molecule has 1 aromatic carbocycles. The molecule has 0 radical (unpaired) electrons. The number of hydrogen-bond acceptors (Lipinski definition) is 5. The number of ether oxygens (including phenoxy) is 1. The van der Waals surface area contributed by atoms with Crippen LogP contribution in [0.25, 0.3) is 11.3 Å². The molecule has 0 unspecified atom stereocenters. The molecule has 3 aromatic rings. The summed E-state index contributed by atoms with van der Waals surface area (Å²) in [6, 6.07) is 10.8. The maximum atomic E-state index is 14.2. The van der Waals surface area contributed by atoms with Crippen molar-refractivity contribution in [2.45, 2.75) is 19.4 Å². The van der Waals surface area contributed by atoms with Crippen LogP contribution in [0.4, 0.5) is 4.39 Å². The Hall–Kier alpha value is -3.81. The number of rotatable bonds is 7. The number of aryl methyl sites for hydroxylation is 1. The fraction of sp³-hybridized carbons (Fsp3) is 0.182. The Bertz CT molecular complexity index is 1090. The number of nitrogens with one attached hydrogen (secondary N) is 1. The fourth-order valence-electron chi connectivity index (χ4n) is 3.12. The van der Waals surface area contributed by atoms with E-state index in [1.54, 1.807) is 12.1 Å². The number of carbonyl (C=O) groups excluding carboxylic acids is 1. The van der Waals surface area contributed by atoms with E-state index in [2.05, 4.69) is 15.3 Å². The molecule has 0 fully saturated rings. The number of amides is 1. The molecule has 1 atom stereocenters. The summed E-state index contributed by atoms with van der Waals surface area (Å²) in [6.45, 7) is 1.84. The highest BCUT2D eigenvalue weighted by Gasteiger charge is 2.22. The SMILES string of the molecule is COc1ccc(C(=O)N[C@@H](CC(=O)O)c2ccccc2C)nc1-c1ccncc1F. The van der Waals surface area contributed by atoms with Gasteiger partial charge in [0, 0.05) is 11.8 Å². The molecule has 0 spiro atoms.